The zero-order valence-electron chi connectivity index (χ0n) is 9.48. The van der Waals surface area contributed by atoms with Gasteiger partial charge >= 0.3 is 0 Å². The molecule has 1 saturated carbocycles. The first-order chi connectivity index (χ1) is 8.20. The van der Waals surface area contributed by atoms with Crippen LogP contribution in [0.3, 0.4) is 0 Å². The molecule has 17 heavy (non-hydrogen) atoms. The van der Waals surface area contributed by atoms with Gasteiger partial charge in [0.25, 0.3) is 5.91 Å². The van der Waals surface area contributed by atoms with Crippen LogP contribution in [0.2, 0.25) is 0 Å². The Morgan fingerprint density at radius 1 is 1.53 bits per heavy atom. The molecule has 1 aliphatic rings. The van der Waals surface area contributed by atoms with E-state index >= 15 is 0 Å². The fraction of sp³-hybridized carbons (Fsp3) is 0.500. The Balaban J connectivity index is 2.04. The highest BCUT2D eigenvalue weighted by Crippen LogP contribution is 2.25. The lowest BCUT2D eigenvalue weighted by molar-refractivity contribution is 0.0916. The number of aliphatic hydroxyl groups is 1. The summed E-state index contributed by atoms with van der Waals surface area (Å²) >= 11 is 0. The van der Waals surface area contributed by atoms with Gasteiger partial charge in [-0.1, -0.05) is 6.42 Å². The summed E-state index contributed by atoms with van der Waals surface area (Å²) in [6.07, 6.45) is 4.30. The van der Waals surface area contributed by atoms with Crippen molar-refractivity contribution in [1.29, 1.82) is 0 Å². The minimum atomic E-state index is -0.289. The van der Waals surface area contributed by atoms with Gasteiger partial charge < -0.3 is 15.4 Å². The van der Waals surface area contributed by atoms with E-state index < -0.39 is 0 Å². The number of H-pyrrole nitrogens is 1. The van der Waals surface area contributed by atoms with Crippen LogP contribution in [0.1, 0.15) is 29.6 Å². The first-order valence-corrected chi connectivity index (χ1v) is 5.81. The van der Waals surface area contributed by atoms with Crippen molar-refractivity contribution in [2.75, 3.05) is 6.61 Å². The van der Waals surface area contributed by atoms with Crippen molar-refractivity contribution in [3.05, 3.63) is 34.2 Å². The lowest BCUT2D eigenvalue weighted by Gasteiger charge is -2.18. The molecule has 0 spiro atoms. The van der Waals surface area contributed by atoms with E-state index in [2.05, 4.69) is 10.3 Å². The minimum Gasteiger partial charge on any atom is -0.396 e. The predicted octanol–water partition coefficient (Wildman–Crippen LogP) is 0.266. The van der Waals surface area contributed by atoms with E-state index in [-0.39, 0.29) is 30.0 Å². The van der Waals surface area contributed by atoms with Crippen molar-refractivity contribution in [1.82, 2.24) is 10.3 Å². The van der Waals surface area contributed by atoms with Crippen LogP contribution in [0, 0.1) is 5.92 Å². The molecule has 1 amide bonds. The van der Waals surface area contributed by atoms with Crippen molar-refractivity contribution in [3.8, 4) is 0 Å². The van der Waals surface area contributed by atoms with Crippen LogP contribution < -0.4 is 10.9 Å². The van der Waals surface area contributed by atoms with E-state index in [0.717, 1.165) is 19.3 Å². The molecule has 1 aromatic rings. The molecule has 5 heteroatoms. The molecule has 1 aliphatic carbocycles. The third kappa shape index (κ3) is 2.74. The molecule has 1 aromatic heterocycles. The number of hydrogen-bond acceptors (Lipinski definition) is 3. The van der Waals surface area contributed by atoms with E-state index in [1.165, 1.54) is 12.3 Å². The Morgan fingerprint density at radius 2 is 2.35 bits per heavy atom. The lowest BCUT2D eigenvalue weighted by Crippen LogP contribution is -2.38. The Kier molecular flexibility index (Phi) is 3.58. The van der Waals surface area contributed by atoms with Crippen LogP contribution in [-0.2, 0) is 0 Å². The minimum absolute atomic E-state index is 0.0202. The average molecular weight is 236 g/mol. The number of amides is 1. The molecular formula is C12H16N2O3. The zero-order chi connectivity index (χ0) is 12.3. The quantitative estimate of drug-likeness (QED) is 0.704. The summed E-state index contributed by atoms with van der Waals surface area (Å²) in [4.78, 5) is 25.4. The molecule has 0 saturated heterocycles. The van der Waals surface area contributed by atoms with Gasteiger partial charge in [0.2, 0.25) is 5.56 Å². The molecule has 1 heterocycles. The molecule has 2 atom stereocenters. The first-order valence-electron chi connectivity index (χ1n) is 5.81. The summed E-state index contributed by atoms with van der Waals surface area (Å²) < 4.78 is 0. The van der Waals surface area contributed by atoms with Gasteiger partial charge in [-0.2, -0.15) is 0 Å². The molecule has 2 unspecified atom stereocenters. The van der Waals surface area contributed by atoms with Crippen molar-refractivity contribution >= 4 is 5.91 Å². The summed E-state index contributed by atoms with van der Waals surface area (Å²) in [7, 11) is 0. The number of pyridine rings is 1. The smallest absolute Gasteiger partial charge is 0.251 e. The highest BCUT2D eigenvalue weighted by Gasteiger charge is 2.28. The molecule has 2 rings (SSSR count). The number of carbonyl (C=O) groups excluding carboxylic acids is 1. The van der Waals surface area contributed by atoms with Gasteiger partial charge in [0, 0.05) is 36.4 Å². The third-order valence-corrected chi connectivity index (χ3v) is 3.25. The molecule has 0 radical (unpaired) electrons. The van der Waals surface area contributed by atoms with Gasteiger partial charge in [-0.3, -0.25) is 9.59 Å². The molecule has 0 bridgehead atoms. The number of aromatic nitrogens is 1. The average Bonchev–Trinajstić information content (AvgIpc) is 2.76. The highest BCUT2D eigenvalue weighted by atomic mass is 16.3. The van der Waals surface area contributed by atoms with Crippen LogP contribution in [-0.4, -0.2) is 28.6 Å². The van der Waals surface area contributed by atoms with Crippen LogP contribution in [0.5, 0.6) is 0 Å². The number of rotatable bonds is 3. The Hall–Kier alpha value is -1.62. The van der Waals surface area contributed by atoms with Gasteiger partial charge in [0.05, 0.1) is 0 Å². The number of aromatic amines is 1. The number of hydrogen-bond donors (Lipinski definition) is 3. The van der Waals surface area contributed by atoms with E-state index in [1.54, 1.807) is 6.07 Å². The van der Waals surface area contributed by atoms with Gasteiger partial charge in [0.15, 0.2) is 0 Å². The van der Waals surface area contributed by atoms with E-state index in [0.29, 0.717) is 5.56 Å². The maximum Gasteiger partial charge on any atom is 0.251 e. The van der Waals surface area contributed by atoms with Gasteiger partial charge in [0.1, 0.15) is 0 Å². The fourth-order valence-electron chi connectivity index (χ4n) is 2.28. The van der Waals surface area contributed by atoms with Gasteiger partial charge in [-0.05, 0) is 18.9 Å². The highest BCUT2D eigenvalue weighted by molar-refractivity contribution is 5.94. The Morgan fingerprint density at radius 3 is 3.06 bits per heavy atom. The van der Waals surface area contributed by atoms with Crippen LogP contribution in [0.4, 0.5) is 0 Å². The SMILES string of the molecule is O=C(NC1CCCC1CO)c1cc[nH]c(=O)c1. The number of nitrogens with one attached hydrogen (secondary N) is 2. The number of carbonyl (C=O) groups is 1. The second kappa shape index (κ2) is 5.14. The van der Waals surface area contributed by atoms with E-state index in [1.807, 2.05) is 0 Å². The summed E-state index contributed by atoms with van der Waals surface area (Å²) in [5.74, 6) is -0.109. The first kappa shape index (κ1) is 11.9. The van der Waals surface area contributed by atoms with Crippen LogP contribution in [0.25, 0.3) is 0 Å². The van der Waals surface area contributed by atoms with Crippen LogP contribution in [0.15, 0.2) is 23.1 Å². The maximum absolute atomic E-state index is 11.9. The lowest BCUT2D eigenvalue weighted by atomic mass is 10.0. The second-order valence-electron chi connectivity index (χ2n) is 4.40. The summed E-state index contributed by atoms with van der Waals surface area (Å²) in [6.45, 7) is 0.0975. The monoisotopic (exact) mass is 236 g/mol. The standard InChI is InChI=1S/C12H16N2O3/c15-7-9-2-1-3-10(9)14-12(17)8-4-5-13-11(16)6-8/h4-6,9-10,15H,1-3,7H2,(H,13,16)(H,14,17). The summed E-state index contributed by atoms with van der Waals surface area (Å²) in [6, 6.07) is 2.87. The maximum atomic E-state index is 11.9. The van der Waals surface area contributed by atoms with Gasteiger partial charge in [-0.25, -0.2) is 0 Å². The number of aliphatic hydroxyl groups excluding tert-OH is 1. The summed E-state index contributed by atoms with van der Waals surface area (Å²) in [5.41, 5.74) is 0.0696. The fourth-order valence-corrected chi connectivity index (χ4v) is 2.28. The zero-order valence-corrected chi connectivity index (χ0v) is 9.48. The molecule has 0 aromatic carbocycles. The van der Waals surface area contributed by atoms with Crippen molar-refractivity contribution in [2.24, 2.45) is 5.92 Å². The predicted molar refractivity (Wildman–Crippen MR) is 62.7 cm³/mol. The molecule has 0 aliphatic heterocycles. The molecule has 5 nitrogen and oxygen atoms in total. The van der Waals surface area contributed by atoms with E-state index in [4.69, 9.17) is 5.11 Å². The van der Waals surface area contributed by atoms with Crippen LogP contribution >= 0.6 is 0 Å². The summed E-state index contributed by atoms with van der Waals surface area (Å²) in [5, 5.41) is 12.0. The normalized spacial score (nSPS) is 23.6. The van der Waals surface area contributed by atoms with E-state index in [9.17, 15) is 9.59 Å². The van der Waals surface area contributed by atoms with Crippen molar-refractivity contribution in [3.63, 3.8) is 0 Å². The molecule has 92 valence electrons. The topological polar surface area (TPSA) is 82.2 Å². The second-order valence-corrected chi connectivity index (χ2v) is 4.40. The molecule has 3 N–H and O–H groups in total. The Bertz CT molecular complexity index is 455. The largest absolute Gasteiger partial charge is 0.396 e. The van der Waals surface area contributed by atoms with Gasteiger partial charge in [-0.15, -0.1) is 0 Å². The Labute approximate surface area is 98.9 Å². The third-order valence-electron chi connectivity index (χ3n) is 3.25. The molecular weight excluding hydrogens is 220 g/mol. The molecule has 1 fully saturated rings. The van der Waals surface area contributed by atoms with Crippen molar-refractivity contribution in [2.45, 2.75) is 25.3 Å². The van der Waals surface area contributed by atoms with Crippen molar-refractivity contribution < 1.29 is 9.90 Å².